The minimum atomic E-state index is -0.0785. The quantitative estimate of drug-likeness (QED) is 0.833. The standard InChI is InChI=1S/C18H21NO/c1-13-7-6-10-16(14(13)2)18(20)12-11-17(19)15-8-4-3-5-9-15/h3-10,17H,11-12,19H2,1-2H3. The molecule has 0 amide bonds. The molecule has 0 saturated carbocycles. The number of benzene rings is 2. The predicted octanol–water partition coefficient (Wildman–Crippen LogP) is 3.97. The zero-order chi connectivity index (χ0) is 14.5. The van der Waals surface area contributed by atoms with Crippen molar-refractivity contribution in [2.45, 2.75) is 32.7 Å². The first-order chi connectivity index (χ1) is 9.59. The maximum Gasteiger partial charge on any atom is 0.163 e. The summed E-state index contributed by atoms with van der Waals surface area (Å²) in [6.45, 7) is 4.03. The molecule has 0 fully saturated rings. The van der Waals surface area contributed by atoms with Crippen LogP contribution in [0.1, 0.15) is 45.9 Å². The van der Waals surface area contributed by atoms with Gasteiger partial charge in [0.25, 0.3) is 0 Å². The summed E-state index contributed by atoms with van der Waals surface area (Å²) >= 11 is 0. The van der Waals surface area contributed by atoms with Gasteiger partial charge in [0.05, 0.1) is 0 Å². The Bertz CT molecular complexity index is 590. The molecule has 20 heavy (non-hydrogen) atoms. The summed E-state index contributed by atoms with van der Waals surface area (Å²) in [5.41, 5.74) is 10.3. The molecule has 1 atom stereocenters. The van der Waals surface area contributed by atoms with E-state index >= 15 is 0 Å². The minimum Gasteiger partial charge on any atom is -0.324 e. The van der Waals surface area contributed by atoms with E-state index in [-0.39, 0.29) is 11.8 Å². The van der Waals surface area contributed by atoms with E-state index in [1.165, 1.54) is 0 Å². The summed E-state index contributed by atoms with van der Waals surface area (Å²) in [5, 5.41) is 0. The molecule has 0 aliphatic heterocycles. The number of carbonyl (C=O) groups excluding carboxylic acids is 1. The van der Waals surface area contributed by atoms with Crippen LogP contribution in [0.3, 0.4) is 0 Å². The molecule has 0 spiro atoms. The Morgan fingerprint density at radius 2 is 1.75 bits per heavy atom. The third kappa shape index (κ3) is 3.34. The Kier molecular flexibility index (Phi) is 4.70. The molecule has 2 aromatic carbocycles. The second-order valence-electron chi connectivity index (χ2n) is 5.23. The van der Waals surface area contributed by atoms with Gasteiger partial charge < -0.3 is 5.73 Å². The van der Waals surface area contributed by atoms with Crippen molar-refractivity contribution in [3.8, 4) is 0 Å². The van der Waals surface area contributed by atoms with Gasteiger partial charge in [0.2, 0.25) is 0 Å². The van der Waals surface area contributed by atoms with Gasteiger partial charge in [0, 0.05) is 18.0 Å². The SMILES string of the molecule is Cc1cccc(C(=O)CCC(N)c2ccccc2)c1C. The molecule has 0 saturated heterocycles. The van der Waals surface area contributed by atoms with Gasteiger partial charge in [-0.15, -0.1) is 0 Å². The maximum atomic E-state index is 12.3. The second-order valence-corrected chi connectivity index (χ2v) is 5.23. The molecule has 0 bridgehead atoms. The maximum absolute atomic E-state index is 12.3. The van der Waals surface area contributed by atoms with E-state index in [4.69, 9.17) is 5.73 Å². The number of hydrogen-bond acceptors (Lipinski definition) is 2. The minimum absolute atomic E-state index is 0.0785. The van der Waals surface area contributed by atoms with E-state index in [1.54, 1.807) is 0 Å². The van der Waals surface area contributed by atoms with Crippen LogP contribution in [-0.2, 0) is 0 Å². The second kappa shape index (κ2) is 6.49. The van der Waals surface area contributed by atoms with Crippen molar-refractivity contribution in [1.82, 2.24) is 0 Å². The van der Waals surface area contributed by atoms with Gasteiger partial charge in [-0.2, -0.15) is 0 Å². The van der Waals surface area contributed by atoms with Crippen LogP contribution >= 0.6 is 0 Å². The van der Waals surface area contributed by atoms with Crippen molar-refractivity contribution in [3.05, 3.63) is 70.8 Å². The molecular formula is C18H21NO. The highest BCUT2D eigenvalue weighted by Gasteiger charge is 2.13. The van der Waals surface area contributed by atoms with Crippen LogP contribution in [0.15, 0.2) is 48.5 Å². The number of rotatable bonds is 5. The highest BCUT2D eigenvalue weighted by molar-refractivity contribution is 5.97. The summed E-state index contributed by atoms with van der Waals surface area (Å²) < 4.78 is 0. The molecule has 0 aromatic heterocycles. The number of aryl methyl sites for hydroxylation is 1. The normalized spacial score (nSPS) is 12.2. The van der Waals surface area contributed by atoms with E-state index in [9.17, 15) is 4.79 Å². The number of ketones is 1. The first-order valence-corrected chi connectivity index (χ1v) is 6.99. The molecule has 1 unspecified atom stereocenters. The van der Waals surface area contributed by atoms with Crippen molar-refractivity contribution < 1.29 is 4.79 Å². The number of Topliss-reactive ketones (excluding diaryl/α,β-unsaturated/α-hetero) is 1. The monoisotopic (exact) mass is 267 g/mol. The van der Waals surface area contributed by atoms with Crippen LogP contribution in [0.4, 0.5) is 0 Å². The highest BCUT2D eigenvalue weighted by Crippen LogP contribution is 2.19. The summed E-state index contributed by atoms with van der Waals surface area (Å²) in [7, 11) is 0. The molecular weight excluding hydrogens is 246 g/mol. The molecule has 0 aliphatic carbocycles. The number of nitrogens with two attached hydrogens (primary N) is 1. The molecule has 2 nitrogen and oxygen atoms in total. The van der Waals surface area contributed by atoms with Crippen molar-refractivity contribution in [2.75, 3.05) is 0 Å². The van der Waals surface area contributed by atoms with Crippen LogP contribution in [0.5, 0.6) is 0 Å². The lowest BCUT2D eigenvalue weighted by molar-refractivity contribution is 0.0977. The summed E-state index contributed by atoms with van der Waals surface area (Å²) in [6, 6.07) is 15.7. The Labute approximate surface area is 120 Å². The third-order valence-corrected chi connectivity index (χ3v) is 3.82. The summed E-state index contributed by atoms with van der Waals surface area (Å²) in [5.74, 6) is 0.178. The fraction of sp³-hybridized carbons (Fsp3) is 0.278. The first kappa shape index (κ1) is 14.5. The topological polar surface area (TPSA) is 43.1 Å². The van der Waals surface area contributed by atoms with E-state index in [2.05, 4.69) is 0 Å². The van der Waals surface area contributed by atoms with Gasteiger partial charge in [-0.05, 0) is 37.0 Å². The van der Waals surface area contributed by atoms with Crippen LogP contribution in [0, 0.1) is 13.8 Å². The zero-order valence-corrected chi connectivity index (χ0v) is 12.1. The summed E-state index contributed by atoms with van der Waals surface area (Å²) in [4.78, 5) is 12.3. The molecule has 2 heteroatoms. The van der Waals surface area contributed by atoms with Gasteiger partial charge in [0.15, 0.2) is 5.78 Å². The average molecular weight is 267 g/mol. The van der Waals surface area contributed by atoms with Crippen molar-refractivity contribution in [1.29, 1.82) is 0 Å². The molecule has 0 aliphatic rings. The third-order valence-electron chi connectivity index (χ3n) is 3.82. The molecule has 104 valence electrons. The van der Waals surface area contributed by atoms with E-state index in [0.29, 0.717) is 12.8 Å². The van der Waals surface area contributed by atoms with Crippen LogP contribution < -0.4 is 5.73 Å². The van der Waals surface area contributed by atoms with E-state index in [1.807, 2.05) is 62.4 Å². The fourth-order valence-electron chi connectivity index (χ4n) is 2.34. The number of hydrogen-bond donors (Lipinski definition) is 1. The number of carbonyl (C=O) groups is 1. The summed E-state index contributed by atoms with van der Waals surface area (Å²) in [6.07, 6.45) is 1.16. The van der Waals surface area contributed by atoms with Crippen LogP contribution in [0.25, 0.3) is 0 Å². The van der Waals surface area contributed by atoms with Gasteiger partial charge in [-0.1, -0.05) is 48.5 Å². The largest absolute Gasteiger partial charge is 0.324 e. The Hall–Kier alpha value is -1.93. The molecule has 0 heterocycles. The molecule has 2 aromatic rings. The highest BCUT2D eigenvalue weighted by atomic mass is 16.1. The zero-order valence-electron chi connectivity index (χ0n) is 12.1. The Morgan fingerprint density at radius 3 is 2.45 bits per heavy atom. The lowest BCUT2D eigenvalue weighted by atomic mass is 9.95. The molecule has 0 radical (unpaired) electrons. The van der Waals surface area contributed by atoms with Crippen molar-refractivity contribution >= 4 is 5.78 Å². The van der Waals surface area contributed by atoms with Crippen LogP contribution in [0.2, 0.25) is 0 Å². The van der Waals surface area contributed by atoms with Crippen molar-refractivity contribution in [2.24, 2.45) is 5.73 Å². The lowest BCUT2D eigenvalue weighted by Crippen LogP contribution is -2.13. The van der Waals surface area contributed by atoms with Crippen molar-refractivity contribution in [3.63, 3.8) is 0 Å². The molecule has 2 N–H and O–H groups in total. The van der Waals surface area contributed by atoms with Gasteiger partial charge in [0.1, 0.15) is 0 Å². The van der Waals surface area contributed by atoms with Crippen LogP contribution in [-0.4, -0.2) is 5.78 Å². The Morgan fingerprint density at radius 1 is 1.05 bits per heavy atom. The van der Waals surface area contributed by atoms with Gasteiger partial charge in [-0.25, -0.2) is 0 Å². The van der Waals surface area contributed by atoms with Gasteiger partial charge in [-0.3, -0.25) is 4.79 Å². The average Bonchev–Trinajstić information content (AvgIpc) is 2.48. The first-order valence-electron chi connectivity index (χ1n) is 6.99. The van der Waals surface area contributed by atoms with E-state index in [0.717, 1.165) is 22.3 Å². The predicted molar refractivity (Wildman–Crippen MR) is 82.9 cm³/mol. The lowest BCUT2D eigenvalue weighted by Gasteiger charge is -2.12. The molecule has 2 rings (SSSR count). The fourth-order valence-corrected chi connectivity index (χ4v) is 2.34. The van der Waals surface area contributed by atoms with Gasteiger partial charge >= 0.3 is 0 Å². The van der Waals surface area contributed by atoms with E-state index < -0.39 is 0 Å². The smallest absolute Gasteiger partial charge is 0.163 e. The Balaban J connectivity index is 2.01.